The van der Waals surface area contributed by atoms with E-state index in [1.807, 2.05) is 23.9 Å². The van der Waals surface area contributed by atoms with E-state index in [1.165, 1.54) is 0 Å². The fraction of sp³-hybridized carbons (Fsp3) is 0.417. The van der Waals surface area contributed by atoms with Crippen molar-refractivity contribution in [3.05, 3.63) is 35.9 Å². The van der Waals surface area contributed by atoms with E-state index in [4.69, 9.17) is 0 Å². The van der Waals surface area contributed by atoms with Gasteiger partial charge in [0, 0.05) is 33.0 Å². The molecule has 0 spiro atoms. The zero-order valence-electron chi connectivity index (χ0n) is 10.9. The molecule has 0 aliphatic rings. The van der Waals surface area contributed by atoms with E-state index >= 15 is 0 Å². The maximum atomic E-state index is 12.1. The third-order valence-corrected chi connectivity index (χ3v) is 2.70. The first kappa shape index (κ1) is 12.3. The maximum Gasteiger partial charge on any atom is 0.274 e. The van der Waals surface area contributed by atoms with Crippen molar-refractivity contribution in [2.75, 3.05) is 7.05 Å². The first-order valence-corrected chi connectivity index (χ1v) is 5.87. The summed E-state index contributed by atoms with van der Waals surface area (Å²) in [6, 6.07) is 3.63. The van der Waals surface area contributed by atoms with E-state index in [9.17, 15) is 4.79 Å². The van der Waals surface area contributed by atoms with Gasteiger partial charge in [0.15, 0.2) is 0 Å². The Morgan fingerprint density at radius 2 is 2.11 bits per heavy atom. The van der Waals surface area contributed by atoms with Gasteiger partial charge in [-0.25, -0.2) is 0 Å². The van der Waals surface area contributed by atoms with Gasteiger partial charge in [-0.2, -0.15) is 10.2 Å². The van der Waals surface area contributed by atoms with Crippen LogP contribution in [0.1, 0.15) is 23.1 Å². The van der Waals surface area contributed by atoms with Crippen molar-refractivity contribution in [2.24, 2.45) is 7.05 Å². The van der Waals surface area contributed by atoms with Crippen LogP contribution in [0.25, 0.3) is 0 Å². The van der Waals surface area contributed by atoms with E-state index in [0.29, 0.717) is 12.2 Å². The molecule has 0 radical (unpaired) electrons. The van der Waals surface area contributed by atoms with E-state index in [2.05, 4.69) is 10.2 Å². The summed E-state index contributed by atoms with van der Waals surface area (Å²) in [6.07, 6.45) is 3.67. The lowest BCUT2D eigenvalue weighted by Crippen LogP contribution is -2.27. The highest BCUT2D eigenvalue weighted by Gasteiger charge is 2.15. The van der Waals surface area contributed by atoms with Crippen LogP contribution >= 0.6 is 0 Å². The van der Waals surface area contributed by atoms with Crippen LogP contribution in [0.2, 0.25) is 0 Å². The fourth-order valence-corrected chi connectivity index (χ4v) is 1.70. The van der Waals surface area contributed by atoms with Crippen LogP contribution in [-0.2, 0) is 20.1 Å². The third-order valence-electron chi connectivity index (χ3n) is 2.70. The highest BCUT2D eigenvalue weighted by atomic mass is 16.2. The Hall–Kier alpha value is -2.11. The monoisotopic (exact) mass is 247 g/mol. The molecule has 1 amide bonds. The van der Waals surface area contributed by atoms with Crippen molar-refractivity contribution in [1.82, 2.24) is 24.5 Å². The molecule has 0 aliphatic heterocycles. The summed E-state index contributed by atoms with van der Waals surface area (Å²) < 4.78 is 3.46. The van der Waals surface area contributed by atoms with E-state index in [0.717, 1.165) is 12.2 Å². The second-order valence-electron chi connectivity index (χ2n) is 4.20. The molecule has 0 aromatic carbocycles. The molecule has 0 saturated carbocycles. The van der Waals surface area contributed by atoms with Crippen LogP contribution in [0.15, 0.2) is 24.5 Å². The van der Waals surface area contributed by atoms with Crippen LogP contribution in [-0.4, -0.2) is 37.4 Å². The Labute approximate surface area is 106 Å². The van der Waals surface area contributed by atoms with Gasteiger partial charge >= 0.3 is 0 Å². The Bertz CT molecular complexity index is 542. The smallest absolute Gasteiger partial charge is 0.274 e. The molecule has 0 fully saturated rings. The zero-order chi connectivity index (χ0) is 13.1. The first-order chi connectivity index (χ1) is 8.60. The molecule has 2 rings (SSSR count). The second kappa shape index (κ2) is 5.03. The van der Waals surface area contributed by atoms with Crippen molar-refractivity contribution in [3.8, 4) is 0 Å². The minimum Gasteiger partial charge on any atom is -0.334 e. The SMILES string of the molecule is CCn1ccc(CN(C)C(=O)c2ccn(C)n2)n1. The van der Waals surface area contributed by atoms with Crippen LogP contribution in [0.5, 0.6) is 0 Å². The number of rotatable bonds is 4. The zero-order valence-corrected chi connectivity index (χ0v) is 10.9. The fourth-order valence-electron chi connectivity index (χ4n) is 1.70. The van der Waals surface area contributed by atoms with Gasteiger partial charge in [-0.3, -0.25) is 14.2 Å². The van der Waals surface area contributed by atoms with Gasteiger partial charge in [0.25, 0.3) is 5.91 Å². The molecule has 2 aromatic rings. The quantitative estimate of drug-likeness (QED) is 0.807. The number of carbonyl (C=O) groups is 1. The molecule has 0 saturated heterocycles. The summed E-state index contributed by atoms with van der Waals surface area (Å²) in [5.74, 6) is -0.0957. The lowest BCUT2D eigenvalue weighted by Gasteiger charge is -2.14. The number of nitrogens with zero attached hydrogens (tertiary/aromatic N) is 5. The highest BCUT2D eigenvalue weighted by molar-refractivity contribution is 5.91. The molecular weight excluding hydrogens is 230 g/mol. The topological polar surface area (TPSA) is 56.0 Å². The lowest BCUT2D eigenvalue weighted by atomic mass is 10.3. The third kappa shape index (κ3) is 2.58. The molecule has 2 aromatic heterocycles. The summed E-state index contributed by atoms with van der Waals surface area (Å²) >= 11 is 0. The van der Waals surface area contributed by atoms with Gasteiger partial charge < -0.3 is 4.90 Å². The molecule has 0 aliphatic carbocycles. The predicted molar refractivity (Wildman–Crippen MR) is 66.9 cm³/mol. The largest absolute Gasteiger partial charge is 0.334 e. The molecule has 0 bridgehead atoms. The Morgan fingerprint density at radius 1 is 1.33 bits per heavy atom. The molecule has 96 valence electrons. The van der Waals surface area contributed by atoms with Crippen molar-refractivity contribution >= 4 is 5.91 Å². The molecule has 6 nitrogen and oxygen atoms in total. The molecule has 0 N–H and O–H groups in total. The minimum atomic E-state index is -0.0957. The standard InChI is InChI=1S/C12H17N5O/c1-4-17-8-5-10(13-17)9-15(2)12(18)11-6-7-16(3)14-11/h5-8H,4,9H2,1-3H3. The van der Waals surface area contributed by atoms with Gasteiger partial charge in [0.05, 0.1) is 12.2 Å². The Morgan fingerprint density at radius 3 is 2.67 bits per heavy atom. The van der Waals surface area contributed by atoms with Gasteiger partial charge in [-0.1, -0.05) is 0 Å². The van der Waals surface area contributed by atoms with Gasteiger partial charge in [-0.05, 0) is 19.1 Å². The van der Waals surface area contributed by atoms with Crippen molar-refractivity contribution in [1.29, 1.82) is 0 Å². The Balaban J connectivity index is 2.03. The average molecular weight is 247 g/mol. The molecule has 2 heterocycles. The minimum absolute atomic E-state index is 0.0957. The van der Waals surface area contributed by atoms with Gasteiger partial charge in [-0.15, -0.1) is 0 Å². The second-order valence-corrected chi connectivity index (χ2v) is 4.20. The normalized spacial score (nSPS) is 10.6. The summed E-state index contributed by atoms with van der Waals surface area (Å²) in [5.41, 5.74) is 1.33. The number of carbonyl (C=O) groups excluding carboxylic acids is 1. The van der Waals surface area contributed by atoms with Crippen molar-refractivity contribution < 1.29 is 4.79 Å². The van der Waals surface area contributed by atoms with Crippen molar-refractivity contribution in [2.45, 2.75) is 20.0 Å². The molecule has 6 heteroatoms. The summed E-state index contributed by atoms with van der Waals surface area (Å²) in [5, 5.41) is 8.44. The van der Waals surface area contributed by atoms with E-state index < -0.39 is 0 Å². The number of aromatic nitrogens is 4. The van der Waals surface area contributed by atoms with Crippen LogP contribution in [0.3, 0.4) is 0 Å². The number of aryl methyl sites for hydroxylation is 2. The molecule has 0 atom stereocenters. The van der Waals surface area contributed by atoms with E-state index in [1.54, 1.807) is 35.9 Å². The highest BCUT2D eigenvalue weighted by Crippen LogP contribution is 2.05. The summed E-state index contributed by atoms with van der Waals surface area (Å²) in [6.45, 7) is 3.35. The number of amides is 1. The predicted octanol–water partition coefficient (Wildman–Crippen LogP) is 0.909. The summed E-state index contributed by atoms with van der Waals surface area (Å²) in [7, 11) is 3.54. The summed E-state index contributed by atoms with van der Waals surface area (Å²) in [4.78, 5) is 13.7. The number of hydrogen-bond donors (Lipinski definition) is 0. The van der Waals surface area contributed by atoms with E-state index in [-0.39, 0.29) is 5.91 Å². The maximum absolute atomic E-state index is 12.1. The van der Waals surface area contributed by atoms with Crippen LogP contribution in [0, 0.1) is 0 Å². The van der Waals surface area contributed by atoms with Crippen LogP contribution in [0.4, 0.5) is 0 Å². The lowest BCUT2D eigenvalue weighted by molar-refractivity contribution is 0.0776. The first-order valence-electron chi connectivity index (χ1n) is 5.87. The van der Waals surface area contributed by atoms with Crippen molar-refractivity contribution in [3.63, 3.8) is 0 Å². The number of hydrogen-bond acceptors (Lipinski definition) is 3. The van der Waals surface area contributed by atoms with Crippen LogP contribution < -0.4 is 0 Å². The molecule has 0 unspecified atom stereocenters. The van der Waals surface area contributed by atoms with Gasteiger partial charge in [0.2, 0.25) is 0 Å². The van der Waals surface area contributed by atoms with Gasteiger partial charge in [0.1, 0.15) is 5.69 Å². The molecule has 18 heavy (non-hydrogen) atoms. The average Bonchev–Trinajstić information content (AvgIpc) is 2.97. The molecular formula is C12H17N5O. The Kier molecular flexibility index (Phi) is 3.45.